The maximum atomic E-state index is 12.4. The molecule has 2 aliphatic rings. The smallest absolute Gasteiger partial charge is 0.229 e. The van der Waals surface area contributed by atoms with Crippen molar-refractivity contribution in [1.29, 1.82) is 0 Å². The van der Waals surface area contributed by atoms with Gasteiger partial charge < -0.3 is 25.4 Å². The summed E-state index contributed by atoms with van der Waals surface area (Å²) in [6.45, 7) is 0. The summed E-state index contributed by atoms with van der Waals surface area (Å²) in [6, 6.07) is -0.512. The Balaban J connectivity index is 1.85. The summed E-state index contributed by atoms with van der Waals surface area (Å²) >= 11 is 6.00. The van der Waals surface area contributed by atoms with E-state index in [1.165, 1.54) is 7.05 Å². The molecule has 0 unspecified atom stereocenters. The highest BCUT2D eigenvalue weighted by molar-refractivity contribution is 6.28. The minimum atomic E-state index is -1.14. The highest BCUT2D eigenvalue weighted by Gasteiger charge is 2.68. The van der Waals surface area contributed by atoms with Gasteiger partial charge in [0.2, 0.25) is 11.2 Å². The Morgan fingerprint density at radius 2 is 2.16 bits per heavy atom. The zero-order valence-corrected chi connectivity index (χ0v) is 14.5. The molecule has 2 saturated carbocycles. The van der Waals surface area contributed by atoms with Crippen molar-refractivity contribution in [1.82, 2.24) is 24.8 Å². The second-order valence-corrected chi connectivity index (χ2v) is 6.94. The quantitative estimate of drug-likeness (QED) is 0.561. The largest absolute Gasteiger partial charge is 0.389 e. The molecule has 0 saturated heterocycles. The van der Waals surface area contributed by atoms with Crippen LogP contribution in [0.5, 0.6) is 0 Å². The molecular formula is C15H19ClN6O3. The van der Waals surface area contributed by atoms with Gasteiger partial charge in [0, 0.05) is 14.1 Å². The third-order valence-corrected chi connectivity index (χ3v) is 5.92. The number of carbonyl (C=O) groups is 1. The van der Waals surface area contributed by atoms with Gasteiger partial charge in [0.05, 0.1) is 23.9 Å². The van der Waals surface area contributed by atoms with Gasteiger partial charge >= 0.3 is 0 Å². The first-order valence-corrected chi connectivity index (χ1v) is 8.49. The van der Waals surface area contributed by atoms with Gasteiger partial charge in [0.15, 0.2) is 17.0 Å². The molecule has 2 fully saturated rings. The van der Waals surface area contributed by atoms with E-state index in [1.54, 1.807) is 17.9 Å². The maximum absolute atomic E-state index is 12.4. The van der Waals surface area contributed by atoms with E-state index in [4.69, 9.17) is 11.6 Å². The number of halogens is 1. The topological polar surface area (TPSA) is 125 Å². The lowest BCUT2D eigenvalue weighted by molar-refractivity contribution is -0.151. The van der Waals surface area contributed by atoms with Crippen LogP contribution in [0.4, 0.5) is 5.82 Å². The number of nitrogens with zero attached hydrogens (tertiary/aromatic N) is 4. The first-order valence-electron chi connectivity index (χ1n) is 8.11. The highest BCUT2D eigenvalue weighted by Crippen LogP contribution is 2.62. The van der Waals surface area contributed by atoms with Crippen molar-refractivity contribution in [2.45, 2.75) is 31.1 Å². The number of aromatic nitrogens is 4. The molecule has 134 valence electrons. The van der Waals surface area contributed by atoms with Gasteiger partial charge in [0.25, 0.3) is 0 Å². The number of carbonyl (C=O) groups excluding carboxylic acids is 1. The van der Waals surface area contributed by atoms with E-state index in [0.29, 0.717) is 23.4 Å². The summed E-state index contributed by atoms with van der Waals surface area (Å²) in [5, 5.41) is 26.9. The van der Waals surface area contributed by atoms with Gasteiger partial charge in [-0.1, -0.05) is 0 Å². The van der Waals surface area contributed by atoms with Crippen LogP contribution in [-0.2, 0) is 4.79 Å². The standard InChI is InChI=1S/C15H19ClN6O3/c1-17-11-7-12(21-14(16)20-11)22(5-19-7)8-6-3-4-15(6,13(25)18-2)10(24)9(8)23/h5-6,8-10,23-24H,3-4H2,1-2H3,(H,18,25)(H,17,20,21)/t6-,8-,9+,10+,15+/m1/s1. The molecule has 2 aromatic rings. The molecule has 0 radical (unpaired) electrons. The Morgan fingerprint density at radius 1 is 1.40 bits per heavy atom. The Bertz CT molecular complexity index is 857. The first-order chi connectivity index (χ1) is 12.0. The van der Waals surface area contributed by atoms with Crippen LogP contribution in [0.25, 0.3) is 11.2 Å². The van der Waals surface area contributed by atoms with Crippen molar-refractivity contribution >= 4 is 34.5 Å². The van der Waals surface area contributed by atoms with Crippen molar-refractivity contribution < 1.29 is 15.0 Å². The van der Waals surface area contributed by atoms with Crippen molar-refractivity contribution in [3.8, 4) is 0 Å². The van der Waals surface area contributed by atoms with Crippen molar-refractivity contribution in [2.75, 3.05) is 19.4 Å². The van der Waals surface area contributed by atoms with Crippen molar-refractivity contribution in [2.24, 2.45) is 11.3 Å². The molecule has 5 atom stereocenters. The number of fused-ring (bicyclic) bond motifs is 2. The predicted molar refractivity (Wildman–Crippen MR) is 90.2 cm³/mol. The highest BCUT2D eigenvalue weighted by atomic mass is 35.5. The molecule has 1 amide bonds. The zero-order valence-electron chi connectivity index (χ0n) is 13.8. The number of imidazole rings is 1. The lowest BCUT2D eigenvalue weighted by Crippen LogP contribution is -2.55. The number of rotatable bonds is 3. The normalized spacial score (nSPS) is 33.8. The molecule has 0 bridgehead atoms. The third-order valence-electron chi connectivity index (χ3n) is 5.75. The van der Waals surface area contributed by atoms with Crippen LogP contribution >= 0.6 is 11.6 Å². The van der Waals surface area contributed by atoms with Gasteiger partial charge in [-0.15, -0.1) is 0 Å². The second-order valence-electron chi connectivity index (χ2n) is 6.61. The number of hydrogen-bond donors (Lipinski definition) is 4. The molecule has 10 heteroatoms. The lowest BCUT2D eigenvalue weighted by atomic mass is 9.59. The molecule has 2 aliphatic carbocycles. The Kier molecular flexibility index (Phi) is 3.64. The van der Waals surface area contributed by atoms with Crippen LogP contribution in [0.1, 0.15) is 18.9 Å². The molecule has 25 heavy (non-hydrogen) atoms. The number of anilines is 1. The lowest BCUT2D eigenvalue weighted by Gasteiger charge is -2.46. The average Bonchev–Trinajstić information content (AvgIpc) is 3.05. The minimum absolute atomic E-state index is 0.0535. The van der Waals surface area contributed by atoms with Gasteiger partial charge in [-0.3, -0.25) is 4.79 Å². The van der Waals surface area contributed by atoms with E-state index >= 15 is 0 Å². The van der Waals surface area contributed by atoms with E-state index in [0.717, 1.165) is 6.42 Å². The Hall–Kier alpha value is -1.97. The molecule has 9 nitrogen and oxygen atoms in total. The van der Waals surface area contributed by atoms with Crippen LogP contribution in [0.3, 0.4) is 0 Å². The molecular weight excluding hydrogens is 348 g/mol. The summed E-state index contributed by atoms with van der Waals surface area (Å²) in [6.07, 6.45) is 0.568. The number of nitrogens with one attached hydrogen (secondary N) is 2. The summed E-state index contributed by atoms with van der Waals surface area (Å²) in [5.41, 5.74) is 0.00325. The maximum Gasteiger partial charge on any atom is 0.229 e. The predicted octanol–water partition coefficient (Wildman–Crippen LogP) is -0.0597. The molecule has 2 heterocycles. The van der Waals surface area contributed by atoms with Gasteiger partial charge in [0.1, 0.15) is 6.10 Å². The molecule has 2 aromatic heterocycles. The minimum Gasteiger partial charge on any atom is -0.389 e. The van der Waals surface area contributed by atoms with E-state index in [9.17, 15) is 15.0 Å². The Morgan fingerprint density at radius 3 is 2.76 bits per heavy atom. The SMILES string of the molecule is CNC(=O)[C@@]12CC[C@@H]1[C@@H](n1cnc3c(NC)nc(Cl)nc31)[C@H](O)[C@@H]2O. The van der Waals surface area contributed by atoms with E-state index in [1.807, 2.05) is 0 Å². The summed E-state index contributed by atoms with van der Waals surface area (Å²) < 4.78 is 1.70. The number of aliphatic hydroxyl groups is 2. The monoisotopic (exact) mass is 366 g/mol. The van der Waals surface area contributed by atoms with Crippen molar-refractivity contribution in [3.05, 3.63) is 11.6 Å². The van der Waals surface area contributed by atoms with Crippen LogP contribution in [-0.4, -0.2) is 61.9 Å². The molecule has 4 rings (SSSR count). The number of hydrogen-bond acceptors (Lipinski definition) is 7. The zero-order chi connectivity index (χ0) is 17.9. The fourth-order valence-electron chi connectivity index (χ4n) is 4.48. The van der Waals surface area contributed by atoms with E-state index < -0.39 is 23.7 Å². The first kappa shape index (κ1) is 16.5. The van der Waals surface area contributed by atoms with Gasteiger partial charge in [-0.05, 0) is 30.4 Å². The summed E-state index contributed by atoms with van der Waals surface area (Å²) in [7, 11) is 3.24. The van der Waals surface area contributed by atoms with Crippen LogP contribution < -0.4 is 10.6 Å². The fraction of sp³-hybridized carbons (Fsp3) is 0.600. The second kappa shape index (κ2) is 5.52. The molecule has 0 aromatic carbocycles. The van der Waals surface area contributed by atoms with Crippen LogP contribution in [0.2, 0.25) is 5.28 Å². The van der Waals surface area contributed by atoms with E-state index in [-0.39, 0.29) is 17.1 Å². The molecule has 0 aliphatic heterocycles. The van der Waals surface area contributed by atoms with Crippen LogP contribution in [0, 0.1) is 11.3 Å². The van der Waals surface area contributed by atoms with Gasteiger partial charge in [-0.2, -0.15) is 9.97 Å². The summed E-state index contributed by atoms with van der Waals surface area (Å²) in [4.78, 5) is 25.1. The van der Waals surface area contributed by atoms with Crippen LogP contribution in [0.15, 0.2) is 6.33 Å². The van der Waals surface area contributed by atoms with E-state index in [2.05, 4.69) is 25.6 Å². The average molecular weight is 367 g/mol. The third kappa shape index (κ3) is 1.97. The van der Waals surface area contributed by atoms with Crippen molar-refractivity contribution in [3.63, 3.8) is 0 Å². The number of amides is 1. The van der Waals surface area contributed by atoms with Gasteiger partial charge in [-0.25, -0.2) is 4.98 Å². The summed E-state index contributed by atoms with van der Waals surface area (Å²) in [5.74, 6) is 0.0281. The Labute approximate surface area is 148 Å². The fourth-order valence-corrected chi connectivity index (χ4v) is 4.65. The number of aliphatic hydroxyl groups excluding tert-OH is 2. The molecule has 0 spiro atoms. The molecule has 4 N–H and O–H groups in total.